The van der Waals surface area contributed by atoms with Gasteiger partial charge in [-0.15, -0.1) is 0 Å². The average Bonchev–Trinajstić information content (AvgIpc) is 2.42. The Balaban J connectivity index is 2.42. The molecule has 0 aromatic carbocycles. The lowest BCUT2D eigenvalue weighted by Gasteiger charge is -2.13. The third-order valence-electron chi connectivity index (χ3n) is 2.29. The number of hydrogen-bond acceptors (Lipinski definition) is 5. The van der Waals surface area contributed by atoms with E-state index in [1.54, 1.807) is 6.92 Å². The van der Waals surface area contributed by atoms with Crippen LogP contribution in [0.25, 0.3) is 0 Å². The number of primary amides is 1. The molecule has 0 aliphatic carbocycles. The second-order valence-corrected chi connectivity index (χ2v) is 3.70. The minimum absolute atomic E-state index is 0.109. The highest BCUT2D eigenvalue weighted by atomic mass is 16.2. The SMILES string of the molecule is CC[C@H](NC(=O)CNC(=O)c1cnccn1)C(N)=O. The largest absolute Gasteiger partial charge is 0.368 e. The Morgan fingerprint density at radius 2 is 2.11 bits per heavy atom. The second-order valence-electron chi connectivity index (χ2n) is 3.70. The quantitative estimate of drug-likeness (QED) is 0.582. The first-order valence-electron chi connectivity index (χ1n) is 5.67. The first kappa shape index (κ1) is 14.6. The second kappa shape index (κ2) is 7.04. The van der Waals surface area contributed by atoms with Gasteiger partial charge in [0.1, 0.15) is 11.7 Å². The predicted molar refractivity (Wildman–Crippen MR) is 65.8 cm³/mol. The average molecular weight is 265 g/mol. The molecule has 0 unspecified atom stereocenters. The Labute approximate surface area is 109 Å². The van der Waals surface area contributed by atoms with E-state index in [0.29, 0.717) is 6.42 Å². The van der Waals surface area contributed by atoms with Crippen molar-refractivity contribution in [2.45, 2.75) is 19.4 Å². The Bertz CT molecular complexity index is 463. The number of aromatic nitrogens is 2. The number of nitrogens with one attached hydrogen (secondary N) is 2. The first-order chi connectivity index (χ1) is 9.04. The van der Waals surface area contributed by atoms with Crippen LogP contribution in [0.3, 0.4) is 0 Å². The Hall–Kier alpha value is -2.51. The van der Waals surface area contributed by atoms with Gasteiger partial charge in [-0.25, -0.2) is 4.98 Å². The van der Waals surface area contributed by atoms with Crippen molar-refractivity contribution in [1.29, 1.82) is 0 Å². The van der Waals surface area contributed by atoms with E-state index in [1.165, 1.54) is 18.6 Å². The molecule has 0 spiro atoms. The number of hydrogen-bond donors (Lipinski definition) is 3. The zero-order valence-corrected chi connectivity index (χ0v) is 10.4. The molecule has 0 saturated carbocycles. The van der Waals surface area contributed by atoms with Gasteiger partial charge in [0, 0.05) is 12.4 Å². The van der Waals surface area contributed by atoms with Gasteiger partial charge < -0.3 is 16.4 Å². The molecule has 1 atom stereocenters. The van der Waals surface area contributed by atoms with Crippen molar-refractivity contribution < 1.29 is 14.4 Å². The normalized spacial score (nSPS) is 11.4. The van der Waals surface area contributed by atoms with Gasteiger partial charge in [0.2, 0.25) is 11.8 Å². The summed E-state index contributed by atoms with van der Waals surface area (Å²) in [6.07, 6.45) is 4.47. The van der Waals surface area contributed by atoms with Crippen molar-refractivity contribution in [3.63, 3.8) is 0 Å². The van der Waals surface area contributed by atoms with Crippen LogP contribution < -0.4 is 16.4 Å². The number of carbonyl (C=O) groups excluding carboxylic acids is 3. The van der Waals surface area contributed by atoms with Crippen LogP contribution in [-0.2, 0) is 9.59 Å². The number of amides is 3. The highest BCUT2D eigenvalue weighted by molar-refractivity contribution is 5.95. The lowest BCUT2D eigenvalue weighted by atomic mass is 10.2. The van der Waals surface area contributed by atoms with Crippen LogP contribution in [0.15, 0.2) is 18.6 Å². The fourth-order valence-electron chi connectivity index (χ4n) is 1.29. The molecule has 8 heteroatoms. The van der Waals surface area contributed by atoms with E-state index in [1.807, 2.05) is 0 Å². The molecular formula is C11H15N5O3. The molecule has 0 aliphatic heterocycles. The maximum absolute atomic E-state index is 11.6. The molecule has 0 fully saturated rings. The summed E-state index contributed by atoms with van der Waals surface area (Å²) in [6, 6.07) is -0.735. The van der Waals surface area contributed by atoms with E-state index in [0.717, 1.165) is 0 Å². The molecule has 0 saturated heterocycles. The molecular weight excluding hydrogens is 250 g/mol. The van der Waals surface area contributed by atoms with E-state index in [-0.39, 0.29) is 12.2 Å². The van der Waals surface area contributed by atoms with Crippen LogP contribution in [0.5, 0.6) is 0 Å². The van der Waals surface area contributed by atoms with Crippen molar-refractivity contribution in [3.8, 4) is 0 Å². The summed E-state index contributed by atoms with van der Waals surface area (Å²) < 4.78 is 0. The smallest absolute Gasteiger partial charge is 0.271 e. The van der Waals surface area contributed by atoms with Crippen molar-refractivity contribution in [2.24, 2.45) is 5.73 Å². The van der Waals surface area contributed by atoms with Crippen molar-refractivity contribution in [1.82, 2.24) is 20.6 Å². The van der Waals surface area contributed by atoms with E-state index in [9.17, 15) is 14.4 Å². The fourth-order valence-corrected chi connectivity index (χ4v) is 1.29. The summed E-state index contributed by atoms with van der Waals surface area (Å²) in [5.74, 6) is -1.63. The third-order valence-corrected chi connectivity index (χ3v) is 2.29. The maximum Gasteiger partial charge on any atom is 0.271 e. The minimum atomic E-state index is -0.735. The zero-order valence-electron chi connectivity index (χ0n) is 10.4. The molecule has 0 radical (unpaired) electrons. The van der Waals surface area contributed by atoms with Crippen LogP contribution in [0.1, 0.15) is 23.8 Å². The van der Waals surface area contributed by atoms with E-state index in [2.05, 4.69) is 20.6 Å². The summed E-state index contributed by atoms with van der Waals surface area (Å²) in [5.41, 5.74) is 5.19. The minimum Gasteiger partial charge on any atom is -0.368 e. The van der Waals surface area contributed by atoms with Gasteiger partial charge in [-0.3, -0.25) is 19.4 Å². The number of nitrogens with zero attached hydrogens (tertiary/aromatic N) is 2. The molecule has 19 heavy (non-hydrogen) atoms. The van der Waals surface area contributed by atoms with Gasteiger partial charge in [-0.1, -0.05) is 6.92 Å². The van der Waals surface area contributed by atoms with Crippen molar-refractivity contribution >= 4 is 17.7 Å². The lowest BCUT2D eigenvalue weighted by Crippen LogP contribution is -2.47. The predicted octanol–water partition coefficient (Wildman–Crippen LogP) is -1.41. The Morgan fingerprint density at radius 1 is 1.37 bits per heavy atom. The van der Waals surface area contributed by atoms with E-state index in [4.69, 9.17) is 5.73 Å². The van der Waals surface area contributed by atoms with Crippen LogP contribution in [0, 0.1) is 0 Å². The summed E-state index contributed by atoms with van der Waals surface area (Å²) in [5, 5.41) is 4.77. The monoisotopic (exact) mass is 265 g/mol. The number of rotatable bonds is 6. The van der Waals surface area contributed by atoms with Gasteiger partial charge in [-0.2, -0.15) is 0 Å². The van der Waals surface area contributed by atoms with Crippen molar-refractivity contribution in [2.75, 3.05) is 6.54 Å². The zero-order chi connectivity index (χ0) is 14.3. The Kier molecular flexibility index (Phi) is 5.39. The van der Waals surface area contributed by atoms with Crippen LogP contribution in [0.2, 0.25) is 0 Å². The summed E-state index contributed by atoms with van der Waals surface area (Å²) >= 11 is 0. The standard InChI is InChI=1S/C11H15N5O3/c1-2-7(10(12)18)16-9(17)6-15-11(19)8-5-13-3-4-14-8/h3-5,7H,2,6H2,1H3,(H2,12,18)(H,15,19)(H,16,17)/t7-/m0/s1. The summed E-state index contributed by atoms with van der Waals surface area (Å²) in [6.45, 7) is 1.45. The van der Waals surface area contributed by atoms with Crippen LogP contribution in [0.4, 0.5) is 0 Å². The molecule has 0 bridgehead atoms. The molecule has 1 aromatic heterocycles. The Morgan fingerprint density at radius 3 is 2.63 bits per heavy atom. The highest BCUT2D eigenvalue weighted by Crippen LogP contribution is 1.90. The van der Waals surface area contributed by atoms with Crippen molar-refractivity contribution in [3.05, 3.63) is 24.3 Å². The molecule has 8 nitrogen and oxygen atoms in total. The summed E-state index contributed by atoms with van der Waals surface area (Å²) in [7, 11) is 0. The summed E-state index contributed by atoms with van der Waals surface area (Å²) in [4.78, 5) is 41.5. The maximum atomic E-state index is 11.6. The number of nitrogens with two attached hydrogens (primary N) is 1. The first-order valence-corrected chi connectivity index (χ1v) is 5.67. The third kappa shape index (κ3) is 4.70. The molecule has 102 valence electrons. The molecule has 1 heterocycles. The van der Waals surface area contributed by atoms with Gasteiger partial charge in [0.15, 0.2) is 0 Å². The number of carbonyl (C=O) groups is 3. The van der Waals surface area contributed by atoms with E-state index >= 15 is 0 Å². The molecule has 1 rings (SSSR count). The molecule has 1 aromatic rings. The van der Waals surface area contributed by atoms with Crippen LogP contribution >= 0.6 is 0 Å². The van der Waals surface area contributed by atoms with Crippen LogP contribution in [-0.4, -0.2) is 40.3 Å². The topological polar surface area (TPSA) is 127 Å². The molecule has 0 aliphatic rings. The molecule has 4 N–H and O–H groups in total. The van der Waals surface area contributed by atoms with Gasteiger partial charge in [-0.05, 0) is 6.42 Å². The van der Waals surface area contributed by atoms with Gasteiger partial charge in [0.05, 0.1) is 12.7 Å². The van der Waals surface area contributed by atoms with Gasteiger partial charge >= 0.3 is 0 Å². The molecule has 3 amide bonds. The lowest BCUT2D eigenvalue weighted by molar-refractivity contribution is -0.126. The van der Waals surface area contributed by atoms with Gasteiger partial charge in [0.25, 0.3) is 5.91 Å². The highest BCUT2D eigenvalue weighted by Gasteiger charge is 2.16. The fraction of sp³-hybridized carbons (Fsp3) is 0.364. The van der Waals surface area contributed by atoms with E-state index < -0.39 is 23.8 Å².